The van der Waals surface area contributed by atoms with Crippen molar-refractivity contribution in [2.75, 3.05) is 25.0 Å². The fourth-order valence-electron chi connectivity index (χ4n) is 4.47. The maximum absolute atomic E-state index is 12.6. The third-order valence-corrected chi connectivity index (χ3v) is 6.15. The molecule has 1 amide bonds. The molecular weight excluding hydrogens is 394 g/mol. The van der Waals surface area contributed by atoms with Gasteiger partial charge in [-0.25, -0.2) is 0 Å². The number of anilines is 1. The van der Waals surface area contributed by atoms with Gasteiger partial charge in [0, 0.05) is 29.3 Å². The number of fused-ring (bicyclic) bond motifs is 1. The molecule has 0 atom stereocenters. The zero-order valence-corrected chi connectivity index (χ0v) is 18.7. The minimum atomic E-state index is -0.187. The molecule has 158 valence electrons. The Bertz CT molecular complexity index is 1040. The summed E-state index contributed by atoms with van der Waals surface area (Å²) >= 11 is 6.17. The number of carbonyl (C=O) groups is 1. The average molecular weight is 424 g/mol. The Balaban J connectivity index is 1.50. The predicted octanol–water partition coefficient (Wildman–Crippen LogP) is 6.30. The number of likely N-dealkylation sites (tertiary alicyclic amines) is 1. The summed E-state index contributed by atoms with van der Waals surface area (Å²) in [5, 5.41) is 4.65. The van der Waals surface area contributed by atoms with Gasteiger partial charge in [-0.2, -0.15) is 0 Å². The Hall–Kier alpha value is -2.30. The van der Waals surface area contributed by atoms with E-state index in [9.17, 15) is 4.79 Å². The molecule has 2 heterocycles. The zero-order valence-electron chi connectivity index (χ0n) is 18.0. The van der Waals surface area contributed by atoms with Gasteiger partial charge in [-0.05, 0) is 73.2 Å². The van der Waals surface area contributed by atoms with Crippen molar-refractivity contribution >= 4 is 34.1 Å². The highest BCUT2D eigenvalue weighted by Gasteiger charge is 2.25. The molecule has 0 spiro atoms. The highest BCUT2D eigenvalue weighted by Crippen LogP contribution is 2.35. The highest BCUT2D eigenvalue weighted by atomic mass is 35.5. The summed E-state index contributed by atoms with van der Waals surface area (Å²) in [4.78, 5) is 18.6. The van der Waals surface area contributed by atoms with Gasteiger partial charge in [0.15, 0.2) is 0 Å². The van der Waals surface area contributed by atoms with Crippen molar-refractivity contribution in [1.29, 1.82) is 0 Å². The second-order valence-electron chi connectivity index (χ2n) is 9.55. The second kappa shape index (κ2) is 8.44. The molecule has 2 N–H and O–H groups in total. The van der Waals surface area contributed by atoms with Crippen molar-refractivity contribution in [1.82, 2.24) is 9.88 Å². The average Bonchev–Trinajstić information content (AvgIpc) is 3.11. The van der Waals surface area contributed by atoms with Crippen LogP contribution >= 0.6 is 11.6 Å². The van der Waals surface area contributed by atoms with E-state index in [0.717, 1.165) is 30.8 Å². The normalized spacial score (nSPS) is 16.1. The van der Waals surface area contributed by atoms with E-state index >= 15 is 0 Å². The molecule has 0 unspecified atom stereocenters. The smallest absolute Gasteiger partial charge is 0.257 e. The third-order valence-electron chi connectivity index (χ3n) is 5.82. The molecule has 0 bridgehead atoms. The Kier molecular flexibility index (Phi) is 5.90. The first-order valence-electron chi connectivity index (χ1n) is 10.7. The number of piperidine rings is 1. The van der Waals surface area contributed by atoms with E-state index in [1.807, 2.05) is 24.3 Å². The second-order valence-corrected chi connectivity index (χ2v) is 9.96. The van der Waals surface area contributed by atoms with Crippen molar-refractivity contribution < 1.29 is 4.79 Å². The lowest BCUT2D eigenvalue weighted by molar-refractivity contribution is 0.102. The topological polar surface area (TPSA) is 48.1 Å². The Labute approximate surface area is 183 Å². The summed E-state index contributed by atoms with van der Waals surface area (Å²) in [6.07, 6.45) is 4.48. The molecule has 2 aromatic carbocycles. The lowest BCUT2D eigenvalue weighted by atomic mass is 9.87. The number of halogens is 1. The van der Waals surface area contributed by atoms with Crippen LogP contribution < -0.4 is 5.32 Å². The van der Waals surface area contributed by atoms with Crippen LogP contribution in [-0.4, -0.2) is 35.4 Å². The SMILES string of the molecule is CC(C)(C)CN1CCC(c2c[nH]c3ccc(NC(=O)c4ccccc4Cl)cc23)CC1. The van der Waals surface area contributed by atoms with Crippen LogP contribution in [0.1, 0.15) is 55.5 Å². The van der Waals surface area contributed by atoms with Crippen molar-refractivity contribution in [2.45, 2.75) is 39.5 Å². The first-order valence-corrected chi connectivity index (χ1v) is 11.1. The fourth-order valence-corrected chi connectivity index (χ4v) is 4.70. The van der Waals surface area contributed by atoms with E-state index in [1.54, 1.807) is 12.1 Å². The number of rotatable bonds is 4. The number of aromatic nitrogens is 1. The minimum absolute atomic E-state index is 0.187. The molecule has 3 aromatic rings. The molecule has 4 rings (SSSR count). The monoisotopic (exact) mass is 423 g/mol. The summed E-state index contributed by atoms with van der Waals surface area (Å²) in [7, 11) is 0. The van der Waals surface area contributed by atoms with Crippen LogP contribution in [0.5, 0.6) is 0 Å². The van der Waals surface area contributed by atoms with E-state index in [2.05, 4.69) is 48.2 Å². The summed E-state index contributed by atoms with van der Waals surface area (Å²) < 4.78 is 0. The number of amides is 1. The largest absolute Gasteiger partial charge is 0.361 e. The number of aromatic amines is 1. The molecule has 1 aliphatic heterocycles. The lowest BCUT2D eigenvalue weighted by Crippen LogP contribution is -2.38. The van der Waals surface area contributed by atoms with Crippen LogP contribution in [0, 0.1) is 5.41 Å². The molecule has 0 aliphatic carbocycles. The van der Waals surface area contributed by atoms with Gasteiger partial charge >= 0.3 is 0 Å². The van der Waals surface area contributed by atoms with Crippen molar-refractivity contribution in [3.63, 3.8) is 0 Å². The van der Waals surface area contributed by atoms with Gasteiger partial charge in [-0.1, -0.05) is 44.5 Å². The number of H-pyrrole nitrogens is 1. The summed E-state index contributed by atoms with van der Waals surface area (Å²) in [5.74, 6) is 0.358. The molecule has 5 heteroatoms. The number of hydrogen-bond acceptors (Lipinski definition) is 2. The van der Waals surface area contributed by atoms with Gasteiger partial charge in [-0.15, -0.1) is 0 Å². The summed E-state index contributed by atoms with van der Waals surface area (Å²) in [6, 6.07) is 13.2. The number of nitrogens with zero attached hydrogens (tertiary/aromatic N) is 1. The maximum Gasteiger partial charge on any atom is 0.257 e. The molecular formula is C25H30ClN3O. The first-order chi connectivity index (χ1) is 14.3. The first kappa shape index (κ1) is 21.0. The number of benzene rings is 2. The van der Waals surface area contributed by atoms with Gasteiger partial charge in [0.2, 0.25) is 0 Å². The number of nitrogens with one attached hydrogen (secondary N) is 2. The van der Waals surface area contributed by atoms with Crippen LogP contribution in [0.2, 0.25) is 5.02 Å². The lowest BCUT2D eigenvalue weighted by Gasteiger charge is -2.36. The molecule has 1 aliphatic rings. The Morgan fingerprint density at radius 2 is 1.90 bits per heavy atom. The van der Waals surface area contributed by atoms with Crippen molar-refractivity contribution in [3.8, 4) is 0 Å². The van der Waals surface area contributed by atoms with Crippen LogP contribution in [0.25, 0.3) is 10.9 Å². The van der Waals surface area contributed by atoms with Crippen LogP contribution in [0.15, 0.2) is 48.7 Å². The van der Waals surface area contributed by atoms with Gasteiger partial charge in [0.1, 0.15) is 0 Å². The summed E-state index contributed by atoms with van der Waals surface area (Å²) in [5.41, 5.74) is 4.08. The van der Waals surface area contributed by atoms with Crippen molar-refractivity contribution in [3.05, 3.63) is 64.8 Å². The van der Waals surface area contributed by atoms with Crippen molar-refractivity contribution in [2.24, 2.45) is 5.41 Å². The predicted molar refractivity (Wildman–Crippen MR) is 126 cm³/mol. The van der Waals surface area contributed by atoms with Gasteiger partial charge in [-0.3, -0.25) is 4.79 Å². The molecule has 30 heavy (non-hydrogen) atoms. The van der Waals surface area contributed by atoms with E-state index < -0.39 is 0 Å². The minimum Gasteiger partial charge on any atom is -0.361 e. The highest BCUT2D eigenvalue weighted by molar-refractivity contribution is 6.34. The Morgan fingerprint density at radius 3 is 2.60 bits per heavy atom. The Morgan fingerprint density at radius 1 is 1.17 bits per heavy atom. The van der Waals surface area contributed by atoms with E-state index in [0.29, 0.717) is 21.9 Å². The van der Waals surface area contributed by atoms with Gasteiger partial charge < -0.3 is 15.2 Å². The zero-order chi connectivity index (χ0) is 21.3. The standard InChI is InChI=1S/C25H30ClN3O/c1-25(2,3)16-29-12-10-17(11-13-29)21-15-27-23-9-8-18(14-20(21)23)28-24(30)19-6-4-5-7-22(19)26/h4-9,14-15,17,27H,10-13,16H2,1-3H3,(H,28,30). The van der Waals surface area contributed by atoms with Gasteiger partial charge in [0.25, 0.3) is 5.91 Å². The van der Waals surface area contributed by atoms with E-state index in [1.165, 1.54) is 23.8 Å². The molecule has 0 saturated carbocycles. The molecule has 4 nitrogen and oxygen atoms in total. The van der Waals surface area contributed by atoms with E-state index in [4.69, 9.17) is 11.6 Å². The van der Waals surface area contributed by atoms with Crippen LogP contribution in [0.3, 0.4) is 0 Å². The fraction of sp³-hybridized carbons (Fsp3) is 0.400. The van der Waals surface area contributed by atoms with Crippen LogP contribution in [-0.2, 0) is 0 Å². The van der Waals surface area contributed by atoms with Gasteiger partial charge in [0.05, 0.1) is 10.6 Å². The van der Waals surface area contributed by atoms with Crippen LogP contribution in [0.4, 0.5) is 5.69 Å². The molecule has 0 radical (unpaired) electrons. The number of hydrogen-bond donors (Lipinski definition) is 2. The molecule has 1 fully saturated rings. The van der Waals surface area contributed by atoms with E-state index in [-0.39, 0.29) is 5.91 Å². The molecule has 1 saturated heterocycles. The maximum atomic E-state index is 12.6. The molecule has 1 aromatic heterocycles. The third kappa shape index (κ3) is 4.71. The number of carbonyl (C=O) groups excluding carboxylic acids is 1. The quantitative estimate of drug-likeness (QED) is 0.517. The summed E-state index contributed by atoms with van der Waals surface area (Å²) in [6.45, 7) is 10.3.